The Morgan fingerprint density at radius 2 is 2.05 bits per heavy atom. The minimum Gasteiger partial charge on any atom is -0.480 e. The molecule has 1 aromatic carbocycles. The van der Waals surface area contributed by atoms with Crippen LogP contribution in [0.25, 0.3) is 0 Å². The number of anilines is 1. The summed E-state index contributed by atoms with van der Waals surface area (Å²) < 4.78 is 13.5. The number of hydrogen-bond donors (Lipinski definition) is 3. The molecule has 3 N–H and O–H groups in total. The Bertz CT molecular complexity index is 519. The quantitative estimate of drug-likeness (QED) is 0.777. The number of benzene rings is 1. The minimum atomic E-state index is -1.38. The van der Waals surface area contributed by atoms with E-state index in [4.69, 9.17) is 5.11 Å². The van der Waals surface area contributed by atoms with Gasteiger partial charge in [-0.05, 0) is 38.0 Å². The molecular formula is C14H19FN2O3. The van der Waals surface area contributed by atoms with Crippen LogP contribution in [-0.2, 0) is 4.79 Å². The number of aliphatic carboxylic acids is 1. The molecule has 1 rings (SSSR count). The van der Waals surface area contributed by atoms with Crippen LogP contribution in [0.15, 0.2) is 18.2 Å². The molecule has 20 heavy (non-hydrogen) atoms. The van der Waals surface area contributed by atoms with Gasteiger partial charge in [-0.15, -0.1) is 0 Å². The first-order chi connectivity index (χ1) is 9.28. The van der Waals surface area contributed by atoms with Crippen LogP contribution in [0.1, 0.15) is 32.3 Å². The molecule has 1 unspecified atom stereocenters. The van der Waals surface area contributed by atoms with E-state index in [2.05, 4.69) is 10.6 Å². The third-order valence-electron chi connectivity index (χ3n) is 2.98. The molecule has 1 aromatic rings. The maximum absolute atomic E-state index is 13.5. The highest BCUT2D eigenvalue weighted by Gasteiger charge is 2.33. The van der Waals surface area contributed by atoms with Gasteiger partial charge >= 0.3 is 12.0 Å². The molecule has 0 aliphatic rings. The first-order valence-corrected chi connectivity index (χ1v) is 6.37. The first-order valence-electron chi connectivity index (χ1n) is 6.37. The zero-order chi connectivity index (χ0) is 15.3. The monoisotopic (exact) mass is 282 g/mol. The molecule has 1 atom stereocenters. The van der Waals surface area contributed by atoms with E-state index in [1.54, 1.807) is 13.0 Å². The number of hydrogen-bond acceptors (Lipinski definition) is 2. The summed E-state index contributed by atoms with van der Waals surface area (Å²) in [5.41, 5.74) is -0.568. The normalized spacial score (nSPS) is 13.4. The first kappa shape index (κ1) is 15.9. The highest BCUT2D eigenvalue weighted by Crippen LogP contribution is 2.17. The van der Waals surface area contributed by atoms with Crippen LogP contribution in [-0.4, -0.2) is 22.6 Å². The van der Waals surface area contributed by atoms with Crippen molar-refractivity contribution in [3.8, 4) is 0 Å². The molecule has 0 radical (unpaired) electrons. The second-order valence-corrected chi connectivity index (χ2v) is 4.95. The van der Waals surface area contributed by atoms with E-state index >= 15 is 0 Å². The number of carbonyl (C=O) groups is 2. The topological polar surface area (TPSA) is 78.4 Å². The molecule has 0 aromatic heterocycles. The number of carboxylic acids is 1. The van der Waals surface area contributed by atoms with E-state index in [0.29, 0.717) is 6.42 Å². The molecule has 0 fully saturated rings. The second kappa shape index (κ2) is 6.36. The highest BCUT2D eigenvalue weighted by atomic mass is 19.1. The Morgan fingerprint density at radius 3 is 2.60 bits per heavy atom. The molecule has 5 nitrogen and oxygen atoms in total. The van der Waals surface area contributed by atoms with Crippen molar-refractivity contribution in [1.29, 1.82) is 0 Å². The summed E-state index contributed by atoms with van der Waals surface area (Å²) >= 11 is 0. The summed E-state index contributed by atoms with van der Waals surface area (Å²) in [6.07, 6.45) is 0.883. The standard InChI is InChI=1S/C14H19FN2O3/c1-4-7-14(3,12(18)19)17-13(20)16-11-8-9(2)5-6-10(11)15/h5-6,8H,4,7H2,1-3H3,(H,18,19)(H2,16,17,20). The smallest absolute Gasteiger partial charge is 0.329 e. The van der Waals surface area contributed by atoms with Crippen LogP contribution in [0.4, 0.5) is 14.9 Å². The number of amides is 2. The van der Waals surface area contributed by atoms with E-state index in [0.717, 1.165) is 5.56 Å². The Kier molecular flexibility index (Phi) is 5.07. The van der Waals surface area contributed by atoms with Gasteiger partial charge in [-0.3, -0.25) is 0 Å². The van der Waals surface area contributed by atoms with Crippen molar-refractivity contribution < 1.29 is 19.1 Å². The van der Waals surface area contributed by atoms with E-state index in [-0.39, 0.29) is 12.1 Å². The van der Waals surface area contributed by atoms with Crippen LogP contribution >= 0.6 is 0 Å². The number of aryl methyl sites for hydroxylation is 1. The van der Waals surface area contributed by atoms with Gasteiger partial charge in [-0.25, -0.2) is 14.0 Å². The zero-order valence-electron chi connectivity index (χ0n) is 11.8. The van der Waals surface area contributed by atoms with Crippen molar-refractivity contribution in [3.05, 3.63) is 29.6 Å². The molecule has 6 heteroatoms. The summed E-state index contributed by atoms with van der Waals surface area (Å²) in [6, 6.07) is 3.56. The Labute approximate surface area is 117 Å². The second-order valence-electron chi connectivity index (χ2n) is 4.95. The molecule has 0 aliphatic heterocycles. The van der Waals surface area contributed by atoms with Crippen molar-refractivity contribution in [1.82, 2.24) is 5.32 Å². The summed E-state index contributed by atoms with van der Waals surface area (Å²) in [7, 11) is 0. The largest absolute Gasteiger partial charge is 0.480 e. The average molecular weight is 282 g/mol. The number of urea groups is 1. The zero-order valence-corrected chi connectivity index (χ0v) is 11.8. The number of rotatable bonds is 5. The Balaban J connectivity index is 2.81. The van der Waals surface area contributed by atoms with Crippen LogP contribution in [0.3, 0.4) is 0 Å². The fraction of sp³-hybridized carbons (Fsp3) is 0.429. The fourth-order valence-electron chi connectivity index (χ4n) is 1.86. The molecule has 110 valence electrons. The molecule has 0 bridgehead atoms. The molecule has 0 spiro atoms. The maximum atomic E-state index is 13.5. The van der Waals surface area contributed by atoms with E-state index in [1.807, 2.05) is 6.92 Å². The van der Waals surface area contributed by atoms with Gasteiger partial charge in [-0.2, -0.15) is 0 Å². The van der Waals surface area contributed by atoms with Crippen molar-refractivity contribution in [2.45, 2.75) is 39.2 Å². The number of carboxylic acid groups (broad SMARTS) is 1. The number of carbonyl (C=O) groups excluding carboxylic acids is 1. The van der Waals surface area contributed by atoms with Gasteiger partial charge in [0.1, 0.15) is 11.4 Å². The number of nitrogens with one attached hydrogen (secondary N) is 2. The average Bonchev–Trinajstić information content (AvgIpc) is 2.33. The van der Waals surface area contributed by atoms with Crippen molar-refractivity contribution >= 4 is 17.7 Å². The van der Waals surface area contributed by atoms with E-state index in [1.165, 1.54) is 19.1 Å². The third kappa shape index (κ3) is 3.94. The summed E-state index contributed by atoms with van der Waals surface area (Å²) in [5, 5.41) is 13.9. The van der Waals surface area contributed by atoms with Crippen molar-refractivity contribution in [2.75, 3.05) is 5.32 Å². The lowest BCUT2D eigenvalue weighted by Crippen LogP contribution is -2.53. The van der Waals surface area contributed by atoms with Crippen LogP contribution < -0.4 is 10.6 Å². The fourth-order valence-corrected chi connectivity index (χ4v) is 1.86. The summed E-state index contributed by atoms with van der Waals surface area (Å²) in [5.74, 6) is -1.70. The molecule has 2 amide bonds. The molecule has 0 saturated heterocycles. The third-order valence-corrected chi connectivity index (χ3v) is 2.98. The van der Waals surface area contributed by atoms with Gasteiger partial charge in [-0.1, -0.05) is 19.4 Å². The maximum Gasteiger partial charge on any atom is 0.329 e. The van der Waals surface area contributed by atoms with Gasteiger partial charge in [0.2, 0.25) is 0 Å². The predicted octanol–water partition coefficient (Wildman–Crippen LogP) is 2.90. The predicted molar refractivity (Wildman–Crippen MR) is 74.2 cm³/mol. The molecule has 0 saturated carbocycles. The molecule has 0 heterocycles. The Hall–Kier alpha value is -2.11. The van der Waals surface area contributed by atoms with Crippen LogP contribution in [0.2, 0.25) is 0 Å². The number of halogens is 1. The molecule has 0 aliphatic carbocycles. The summed E-state index contributed by atoms with van der Waals surface area (Å²) in [6.45, 7) is 5.01. The van der Waals surface area contributed by atoms with Crippen LogP contribution in [0.5, 0.6) is 0 Å². The van der Waals surface area contributed by atoms with Gasteiger partial charge in [0.25, 0.3) is 0 Å². The summed E-state index contributed by atoms with van der Waals surface area (Å²) in [4.78, 5) is 23.0. The molecular weight excluding hydrogens is 263 g/mol. The highest BCUT2D eigenvalue weighted by molar-refractivity contribution is 5.93. The lowest BCUT2D eigenvalue weighted by molar-refractivity contribution is -0.143. The lowest BCUT2D eigenvalue weighted by Gasteiger charge is -2.25. The van der Waals surface area contributed by atoms with Crippen molar-refractivity contribution in [3.63, 3.8) is 0 Å². The minimum absolute atomic E-state index is 0.0201. The van der Waals surface area contributed by atoms with E-state index in [9.17, 15) is 14.0 Å². The van der Waals surface area contributed by atoms with Gasteiger partial charge < -0.3 is 15.7 Å². The lowest BCUT2D eigenvalue weighted by atomic mass is 9.97. The van der Waals surface area contributed by atoms with Gasteiger partial charge in [0, 0.05) is 0 Å². The SMILES string of the molecule is CCCC(C)(NC(=O)Nc1cc(C)ccc1F)C(=O)O. The van der Waals surface area contributed by atoms with E-state index < -0.39 is 23.4 Å². The van der Waals surface area contributed by atoms with Crippen LogP contribution in [0, 0.1) is 12.7 Å². The van der Waals surface area contributed by atoms with Crippen molar-refractivity contribution in [2.24, 2.45) is 0 Å². The van der Waals surface area contributed by atoms with Gasteiger partial charge in [0.05, 0.1) is 5.69 Å². The Morgan fingerprint density at radius 1 is 1.40 bits per heavy atom. The van der Waals surface area contributed by atoms with Gasteiger partial charge in [0.15, 0.2) is 0 Å².